The molecule has 1 aromatic rings. The number of carbonyl (C=O) groups is 1. The van der Waals surface area contributed by atoms with Gasteiger partial charge in [0.15, 0.2) is 11.4 Å². The number of benzene rings is 1. The highest BCUT2D eigenvalue weighted by Crippen LogP contribution is 2.42. The van der Waals surface area contributed by atoms with E-state index in [4.69, 9.17) is 4.74 Å². The van der Waals surface area contributed by atoms with Crippen molar-refractivity contribution in [1.29, 1.82) is 0 Å². The number of carbonyl (C=O) groups excluding carboxylic acids is 1. The predicted molar refractivity (Wildman–Crippen MR) is 70.4 cm³/mol. The molecule has 0 saturated heterocycles. The van der Waals surface area contributed by atoms with E-state index < -0.39 is 35.8 Å². The second kappa shape index (κ2) is 7.08. The van der Waals surface area contributed by atoms with Crippen LogP contribution in [0.3, 0.4) is 0 Å². The molecule has 8 heteroatoms. The Morgan fingerprint density at radius 1 is 1.14 bits per heavy atom. The second-order valence-corrected chi connectivity index (χ2v) is 4.53. The zero-order valence-corrected chi connectivity index (χ0v) is 12.3. The fourth-order valence-corrected chi connectivity index (χ4v) is 1.93. The lowest BCUT2D eigenvalue weighted by Gasteiger charge is -2.31. The van der Waals surface area contributed by atoms with Gasteiger partial charge in [0.2, 0.25) is 6.29 Å². The van der Waals surface area contributed by atoms with Gasteiger partial charge < -0.3 is 19.3 Å². The van der Waals surface area contributed by atoms with Crippen LogP contribution in [0.4, 0.5) is 13.2 Å². The van der Waals surface area contributed by atoms with Gasteiger partial charge in [0.05, 0.1) is 13.5 Å². The van der Waals surface area contributed by atoms with E-state index >= 15 is 0 Å². The summed E-state index contributed by atoms with van der Waals surface area (Å²) in [7, 11) is 3.59. The summed E-state index contributed by atoms with van der Waals surface area (Å²) < 4.78 is 54.0. The first-order chi connectivity index (χ1) is 10.2. The average molecular weight is 322 g/mol. The van der Waals surface area contributed by atoms with Crippen LogP contribution in [0.1, 0.15) is 12.0 Å². The van der Waals surface area contributed by atoms with Crippen LogP contribution < -0.4 is 4.74 Å². The molecule has 0 unspecified atom stereocenters. The topological polar surface area (TPSA) is 65.0 Å². The van der Waals surface area contributed by atoms with Gasteiger partial charge in [0.1, 0.15) is 5.75 Å². The number of aliphatic hydroxyl groups is 1. The summed E-state index contributed by atoms with van der Waals surface area (Å²) in [5.74, 6) is -0.702. The number of Topliss-reactive ketones (excluding diaryl/α,β-unsaturated/α-hetero) is 1. The fourth-order valence-electron chi connectivity index (χ4n) is 1.93. The third kappa shape index (κ3) is 3.76. The van der Waals surface area contributed by atoms with Crippen molar-refractivity contribution in [2.75, 3.05) is 21.3 Å². The molecule has 0 aliphatic rings. The van der Waals surface area contributed by atoms with Crippen LogP contribution in [0.2, 0.25) is 0 Å². The van der Waals surface area contributed by atoms with Crippen LogP contribution in [0, 0.1) is 0 Å². The fraction of sp³-hybridized carbons (Fsp3) is 0.500. The van der Waals surface area contributed by atoms with E-state index in [-0.39, 0.29) is 0 Å². The molecule has 124 valence electrons. The molecule has 0 fully saturated rings. The molecule has 0 aliphatic heterocycles. The van der Waals surface area contributed by atoms with Crippen molar-refractivity contribution in [2.24, 2.45) is 0 Å². The molecule has 0 radical (unpaired) electrons. The molecule has 22 heavy (non-hydrogen) atoms. The van der Waals surface area contributed by atoms with Gasteiger partial charge in [-0.2, -0.15) is 13.2 Å². The van der Waals surface area contributed by atoms with E-state index in [0.29, 0.717) is 5.75 Å². The van der Waals surface area contributed by atoms with Crippen LogP contribution in [-0.2, 0) is 19.9 Å². The zero-order valence-electron chi connectivity index (χ0n) is 12.3. The quantitative estimate of drug-likeness (QED) is 0.778. The first kappa shape index (κ1) is 18.4. The summed E-state index contributed by atoms with van der Waals surface area (Å²) in [4.78, 5) is 11.8. The zero-order chi connectivity index (χ0) is 17.0. The van der Waals surface area contributed by atoms with E-state index in [1.165, 1.54) is 19.2 Å². The number of rotatable bonds is 7. The van der Waals surface area contributed by atoms with E-state index in [9.17, 15) is 23.1 Å². The maximum atomic E-state index is 13.3. The standard InChI is InChI=1S/C14H17F3O5/c1-20-10-6-4-9(5-7-10)13(19,14(15,16)17)8-11(18)12(21-2)22-3/h4-7,12,19H,8H2,1-3H3/t13-/m1/s1. The third-order valence-corrected chi connectivity index (χ3v) is 3.16. The van der Waals surface area contributed by atoms with Crippen LogP contribution in [0.5, 0.6) is 5.75 Å². The van der Waals surface area contributed by atoms with E-state index in [2.05, 4.69) is 9.47 Å². The Morgan fingerprint density at radius 3 is 2.00 bits per heavy atom. The molecule has 0 aliphatic carbocycles. The molecule has 1 aromatic carbocycles. The van der Waals surface area contributed by atoms with Gasteiger partial charge in [-0.05, 0) is 17.7 Å². The van der Waals surface area contributed by atoms with Crippen molar-refractivity contribution >= 4 is 5.78 Å². The van der Waals surface area contributed by atoms with Gasteiger partial charge in [-0.15, -0.1) is 0 Å². The van der Waals surface area contributed by atoms with Gasteiger partial charge in [-0.3, -0.25) is 4.79 Å². The number of hydrogen-bond donors (Lipinski definition) is 1. The Hall–Kier alpha value is -1.64. The van der Waals surface area contributed by atoms with Crippen molar-refractivity contribution < 1.29 is 37.3 Å². The smallest absolute Gasteiger partial charge is 0.421 e. The summed E-state index contributed by atoms with van der Waals surface area (Å²) in [5.41, 5.74) is -3.81. The van der Waals surface area contributed by atoms with Crippen LogP contribution >= 0.6 is 0 Å². The summed E-state index contributed by atoms with van der Waals surface area (Å²) in [6.45, 7) is 0. The number of ether oxygens (including phenoxy) is 3. The lowest BCUT2D eigenvalue weighted by molar-refractivity contribution is -0.269. The van der Waals surface area contributed by atoms with Crippen molar-refractivity contribution in [3.8, 4) is 5.75 Å². The maximum Gasteiger partial charge on any atom is 0.421 e. The Bertz CT molecular complexity index is 496. The maximum absolute atomic E-state index is 13.3. The highest BCUT2D eigenvalue weighted by atomic mass is 19.4. The lowest BCUT2D eigenvalue weighted by Crippen LogP contribution is -2.46. The Balaban J connectivity index is 3.17. The summed E-state index contributed by atoms with van der Waals surface area (Å²) >= 11 is 0. The minimum atomic E-state index is -5.05. The predicted octanol–water partition coefficient (Wildman–Crippen LogP) is 2.02. The van der Waals surface area contributed by atoms with Crippen LogP contribution in [0.25, 0.3) is 0 Å². The first-order valence-electron chi connectivity index (χ1n) is 6.21. The molecule has 0 amide bonds. The summed E-state index contributed by atoms with van der Waals surface area (Å²) in [5, 5.41) is 10.1. The van der Waals surface area contributed by atoms with E-state index in [1.54, 1.807) is 0 Å². The molecule has 1 rings (SSSR count). The molecule has 0 spiro atoms. The third-order valence-electron chi connectivity index (χ3n) is 3.16. The van der Waals surface area contributed by atoms with Gasteiger partial charge in [0, 0.05) is 14.2 Å². The highest BCUT2D eigenvalue weighted by molar-refractivity contribution is 5.83. The Morgan fingerprint density at radius 2 is 1.64 bits per heavy atom. The van der Waals surface area contributed by atoms with Gasteiger partial charge in [-0.1, -0.05) is 12.1 Å². The molecule has 1 N–H and O–H groups in total. The number of ketones is 1. The Kier molecular flexibility index (Phi) is 5.92. The molecule has 0 aromatic heterocycles. The monoisotopic (exact) mass is 322 g/mol. The van der Waals surface area contributed by atoms with Crippen LogP contribution in [-0.4, -0.2) is 44.7 Å². The van der Waals surface area contributed by atoms with Crippen LogP contribution in [0.15, 0.2) is 24.3 Å². The lowest BCUT2D eigenvalue weighted by atomic mass is 9.87. The SMILES string of the molecule is COc1ccc([C@](O)(CC(=O)C(OC)OC)C(F)(F)F)cc1. The van der Waals surface area contributed by atoms with Crippen molar-refractivity contribution in [3.05, 3.63) is 29.8 Å². The molecular formula is C14H17F3O5. The molecule has 0 bridgehead atoms. The molecule has 1 atom stereocenters. The summed E-state index contributed by atoms with van der Waals surface area (Å²) in [6.07, 6.45) is -7.76. The van der Waals surface area contributed by atoms with Gasteiger partial charge in [-0.25, -0.2) is 0 Å². The minimum absolute atomic E-state index is 0.325. The van der Waals surface area contributed by atoms with Crippen molar-refractivity contribution in [3.63, 3.8) is 0 Å². The average Bonchev–Trinajstić information content (AvgIpc) is 2.47. The molecular weight excluding hydrogens is 305 g/mol. The molecule has 0 saturated carbocycles. The number of hydrogen-bond acceptors (Lipinski definition) is 5. The number of alkyl halides is 3. The normalized spacial score (nSPS) is 14.7. The molecule has 5 nitrogen and oxygen atoms in total. The van der Waals surface area contributed by atoms with E-state index in [1.807, 2.05) is 0 Å². The first-order valence-corrected chi connectivity index (χ1v) is 6.21. The number of methoxy groups -OCH3 is 3. The minimum Gasteiger partial charge on any atom is -0.497 e. The second-order valence-electron chi connectivity index (χ2n) is 4.53. The van der Waals surface area contributed by atoms with Crippen molar-refractivity contribution in [2.45, 2.75) is 24.5 Å². The van der Waals surface area contributed by atoms with Gasteiger partial charge >= 0.3 is 6.18 Å². The largest absolute Gasteiger partial charge is 0.497 e. The van der Waals surface area contributed by atoms with E-state index in [0.717, 1.165) is 26.4 Å². The summed E-state index contributed by atoms with van der Waals surface area (Å²) in [6, 6.07) is 4.63. The molecule has 0 heterocycles. The number of halogens is 3. The van der Waals surface area contributed by atoms with Crippen molar-refractivity contribution in [1.82, 2.24) is 0 Å². The Labute approximate surface area is 125 Å². The highest BCUT2D eigenvalue weighted by Gasteiger charge is 2.56. The van der Waals surface area contributed by atoms with Gasteiger partial charge in [0.25, 0.3) is 0 Å².